The van der Waals surface area contributed by atoms with Crippen molar-refractivity contribution in [1.82, 2.24) is 9.55 Å². The molecule has 9 heteroatoms. The Hall–Kier alpha value is -0.810. The van der Waals surface area contributed by atoms with Gasteiger partial charge in [-0.15, -0.1) is 0 Å². The fraction of sp³-hybridized carbons (Fsp3) is 0.625. The molecule has 1 aromatic rings. The normalized spacial score (nSPS) is 32.9. The maximum Gasteiger partial charge on any atom is 0.436 e. The van der Waals surface area contributed by atoms with Crippen molar-refractivity contribution in [2.75, 3.05) is 4.43 Å². The number of rotatable bonds is 3. The smallest absolute Gasteiger partial charge is 0.390 e. The number of ether oxygens (including phenoxy) is 1. The van der Waals surface area contributed by atoms with E-state index in [-0.39, 0.29) is 0 Å². The van der Waals surface area contributed by atoms with Crippen molar-refractivity contribution in [1.29, 1.82) is 0 Å². The lowest BCUT2D eigenvalue weighted by Gasteiger charge is -2.11. The van der Waals surface area contributed by atoms with Crippen LogP contribution < -0.4 is 0 Å². The van der Waals surface area contributed by atoms with E-state index in [2.05, 4.69) is 4.98 Å². The molecule has 0 radical (unpaired) electrons. The van der Waals surface area contributed by atoms with Gasteiger partial charge in [0.25, 0.3) is 0 Å². The minimum atomic E-state index is -1.71. The fourth-order valence-electron chi connectivity index (χ4n) is 1.70. The largest absolute Gasteiger partial charge is 0.436 e. The number of alkyl halides is 2. The summed E-state index contributed by atoms with van der Waals surface area (Å²) in [6.45, 7) is 0. The van der Waals surface area contributed by atoms with Gasteiger partial charge in [0.1, 0.15) is 18.5 Å². The Labute approximate surface area is 109 Å². The molecule has 0 bridgehead atoms. The van der Waals surface area contributed by atoms with Gasteiger partial charge in [-0.3, -0.25) is 0 Å². The van der Waals surface area contributed by atoms with Crippen LogP contribution in [0.5, 0.6) is 0 Å². The van der Waals surface area contributed by atoms with Gasteiger partial charge in [-0.2, -0.15) is 4.57 Å². The lowest BCUT2D eigenvalue weighted by atomic mass is 10.2. The molecule has 0 aromatic carbocycles. The first-order chi connectivity index (χ1) is 8.06. The fourth-order valence-corrected chi connectivity index (χ4v) is 2.43. The van der Waals surface area contributed by atoms with Crippen LogP contribution in [0.2, 0.25) is 0 Å². The van der Waals surface area contributed by atoms with Crippen LogP contribution in [0.25, 0.3) is 0 Å². The molecule has 0 amide bonds. The summed E-state index contributed by atoms with van der Waals surface area (Å²) in [5.74, 6) is -0.501. The van der Waals surface area contributed by atoms with Crippen molar-refractivity contribution in [3.05, 3.63) is 22.5 Å². The maximum atomic E-state index is 13.8. The van der Waals surface area contributed by atoms with E-state index in [0.29, 0.717) is 4.43 Å². The molecule has 1 aliphatic heterocycles. The second-order valence-electron chi connectivity index (χ2n) is 3.55. The van der Waals surface area contributed by atoms with Gasteiger partial charge in [-0.25, -0.2) is 4.39 Å². The minimum Gasteiger partial charge on any atom is -0.390 e. The van der Waals surface area contributed by atoms with Crippen LogP contribution in [0.15, 0.2) is 12.4 Å². The first kappa shape index (κ1) is 12.6. The number of hydrogen-bond donors (Lipinski definition) is 1. The first-order valence-corrected chi connectivity index (χ1v) is 6.29. The number of aliphatic hydroxyl groups is 1. The van der Waals surface area contributed by atoms with Gasteiger partial charge in [-0.1, -0.05) is 27.6 Å². The molecular formula is C8H9FIN3O4. The summed E-state index contributed by atoms with van der Waals surface area (Å²) in [5, 5.41) is 20.2. The van der Waals surface area contributed by atoms with Crippen LogP contribution in [-0.4, -0.2) is 42.4 Å². The Bertz CT molecular complexity index is 429. The van der Waals surface area contributed by atoms with E-state index < -0.39 is 35.5 Å². The van der Waals surface area contributed by atoms with Crippen LogP contribution >= 0.6 is 22.6 Å². The third kappa shape index (κ3) is 2.13. The quantitative estimate of drug-likeness (QED) is 0.375. The van der Waals surface area contributed by atoms with Gasteiger partial charge in [0.05, 0.1) is 6.10 Å². The molecule has 17 heavy (non-hydrogen) atoms. The summed E-state index contributed by atoms with van der Waals surface area (Å²) in [4.78, 5) is 13.4. The summed E-state index contributed by atoms with van der Waals surface area (Å²) in [7, 11) is 0. The van der Waals surface area contributed by atoms with Gasteiger partial charge in [0.15, 0.2) is 6.17 Å². The monoisotopic (exact) mass is 357 g/mol. The van der Waals surface area contributed by atoms with Crippen LogP contribution in [0, 0.1) is 10.1 Å². The van der Waals surface area contributed by atoms with Gasteiger partial charge < -0.3 is 20.0 Å². The minimum absolute atomic E-state index is 0.401. The second-order valence-corrected chi connectivity index (χ2v) is 4.43. The van der Waals surface area contributed by atoms with Crippen LogP contribution in [0.1, 0.15) is 6.23 Å². The highest BCUT2D eigenvalue weighted by molar-refractivity contribution is 14.1. The Morgan fingerprint density at radius 3 is 3.00 bits per heavy atom. The van der Waals surface area contributed by atoms with Gasteiger partial charge >= 0.3 is 5.95 Å². The number of imidazole rings is 1. The maximum absolute atomic E-state index is 13.8. The summed E-state index contributed by atoms with van der Waals surface area (Å²) in [5.41, 5.74) is 0. The zero-order valence-corrected chi connectivity index (χ0v) is 10.6. The van der Waals surface area contributed by atoms with Gasteiger partial charge in [-0.05, 0) is 4.92 Å². The highest BCUT2D eigenvalue weighted by Crippen LogP contribution is 2.34. The predicted octanol–water partition coefficient (Wildman–Crippen LogP) is 0.823. The molecule has 4 atom stereocenters. The molecule has 7 nitrogen and oxygen atoms in total. The summed E-state index contributed by atoms with van der Waals surface area (Å²) < 4.78 is 20.4. The zero-order chi connectivity index (χ0) is 12.6. The Morgan fingerprint density at radius 1 is 1.76 bits per heavy atom. The van der Waals surface area contributed by atoms with Crippen LogP contribution in [0.3, 0.4) is 0 Å². The molecule has 0 saturated carbocycles. The van der Waals surface area contributed by atoms with Crippen molar-refractivity contribution in [2.45, 2.75) is 24.6 Å². The van der Waals surface area contributed by atoms with Gasteiger partial charge in [0, 0.05) is 4.43 Å². The van der Waals surface area contributed by atoms with Crippen LogP contribution in [-0.2, 0) is 4.74 Å². The van der Waals surface area contributed by atoms with Crippen molar-refractivity contribution < 1.29 is 19.2 Å². The van der Waals surface area contributed by atoms with E-state index >= 15 is 0 Å². The average molecular weight is 357 g/mol. The van der Waals surface area contributed by atoms with E-state index in [4.69, 9.17) is 4.74 Å². The van der Waals surface area contributed by atoms with Gasteiger partial charge in [0.2, 0.25) is 6.23 Å². The molecular weight excluding hydrogens is 348 g/mol. The van der Waals surface area contributed by atoms with Crippen molar-refractivity contribution in [2.24, 2.45) is 0 Å². The first-order valence-electron chi connectivity index (χ1n) is 4.77. The Kier molecular flexibility index (Phi) is 3.58. The molecule has 2 heterocycles. The van der Waals surface area contributed by atoms with E-state index in [9.17, 15) is 19.6 Å². The molecule has 0 aliphatic carbocycles. The summed E-state index contributed by atoms with van der Waals surface area (Å²) >= 11 is 1.95. The lowest BCUT2D eigenvalue weighted by molar-refractivity contribution is -0.398. The third-order valence-corrected chi connectivity index (χ3v) is 3.40. The van der Waals surface area contributed by atoms with E-state index in [1.807, 2.05) is 22.6 Å². The van der Waals surface area contributed by atoms with E-state index in [1.165, 1.54) is 12.4 Å². The molecule has 1 saturated heterocycles. The molecule has 2 rings (SSSR count). The molecule has 94 valence electrons. The zero-order valence-electron chi connectivity index (χ0n) is 8.44. The number of nitrogens with zero attached hydrogens (tertiary/aromatic N) is 3. The lowest BCUT2D eigenvalue weighted by Crippen LogP contribution is -2.29. The summed E-state index contributed by atoms with van der Waals surface area (Å²) in [6, 6.07) is 0. The molecule has 1 unspecified atom stereocenters. The van der Waals surface area contributed by atoms with E-state index in [1.54, 1.807) is 0 Å². The number of halogens is 2. The molecule has 1 fully saturated rings. The summed E-state index contributed by atoms with van der Waals surface area (Å²) in [6.07, 6.45) is -2.40. The standard InChI is InChI=1S/C8H9FIN3O4/c9-5-6(14)4(3-10)17-7(5)12-2-1-11-8(12)13(15)16/h1-2,4-7,14H,3H2/t4-,5+,6-,7?/m1/s1. The van der Waals surface area contributed by atoms with Crippen molar-refractivity contribution in [3.8, 4) is 0 Å². The third-order valence-electron chi connectivity index (χ3n) is 2.53. The Morgan fingerprint density at radius 2 is 2.47 bits per heavy atom. The number of aromatic nitrogens is 2. The highest BCUT2D eigenvalue weighted by atomic mass is 127. The molecule has 1 N–H and O–H groups in total. The number of nitro groups is 1. The van der Waals surface area contributed by atoms with E-state index in [0.717, 1.165) is 4.57 Å². The van der Waals surface area contributed by atoms with Crippen molar-refractivity contribution in [3.63, 3.8) is 0 Å². The number of aliphatic hydroxyl groups excluding tert-OH is 1. The highest BCUT2D eigenvalue weighted by Gasteiger charge is 2.47. The predicted molar refractivity (Wildman–Crippen MR) is 62.6 cm³/mol. The molecule has 1 aromatic heterocycles. The van der Waals surface area contributed by atoms with Crippen LogP contribution in [0.4, 0.5) is 10.3 Å². The Balaban J connectivity index is 2.29. The molecule has 0 spiro atoms. The topological polar surface area (TPSA) is 90.4 Å². The molecule has 1 aliphatic rings. The number of hydrogen-bond acceptors (Lipinski definition) is 5. The average Bonchev–Trinajstić information content (AvgIpc) is 2.86. The SMILES string of the molecule is O=[N+]([O-])c1nccn1C1O[C@H](CI)[C@@H](O)[C@@H]1F. The second kappa shape index (κ2) is 4.82. The van der Waals surface area contributed by atoms with Crippen molar-refractivity contribution >= 4 is 28.5 Å².